The number of halogens is 3. The van der Waals surface area contributed by atoms with Gasteiger partial charge in [-0.25, -0.2) is 0 Å². The Kier molecular flexibility index (Phi) is 3.86. The lowest BCUT2D eigenvalue weighted by atomic mass is 9.99. The highest BCUT2D eigenvalue weighted by atomic mass is 32.1. The minimum atomic E-state index is -4.56. The van der Waals surface area contributed by atoms with Crippen molar-refractivity contribution in [1.82, 2.24) is 15.1 Å². The van der Waals surface area contributed by atoms with Crippen LogP contribution in [0.2, 0.25) is 0 Å². The van der Waals surface area contributed by atoms with Gasteiger partial charge in [0.15, 0.2) is 0 Å². The van der Waals surface area contributed by atoms with Gasteiger partial charge in [-0.1, -0.05) is 41.7 Å². The average molecular weight is 327 g/mol. The van der Waals surface area contributed by atoms with E-state index in [9.17, 15) is 18.0 Å². The largest absolute Gasteiger partial charge is 0.445 e. The Balaban J connectivity index is 1.70. The molecule has 1 saturated heterocycles. The van der Waals surface area contributed by atoms with Crippen LogP contribution < -0.4 is 0 Å². The van der Waals surface area contributed by atoms with Crippen LogP contribution in [0, 0.1) is 0 Å². The number of aromatic nitrogens is 2. The number of likely N-dealkylation sites (tertiary alicyclic amines) is 1. The van der Waals surface area contributed by atoms with Crippen LogP contribution in [0.1, 0.15) is 32.7 Å². The summed E-state index contributed by atoms with van der Waals surface area (Å²) >= 11 is 0.293. The maximum Gasteiger partial charge on any atom is 0.445 e. The molecule has 22 heavy (non-hydrogen) atoms. The molecule has 1 unspecified atom stereocenters. The molecule has 0 radical (unpaired) electrons. The maximum atomic E-state index is 12.5. The molecule has 8 heteroatoms. The van der Waals surface area contributed by atoms with Crippen LogP contribution in [-0.4, -0.2) is 34.1 Å². The third kappa shape index (κ3) is 2.96. The first-order valence-corrected chi connectivity index (χ1v) is 7.51. The zero-order valence-electron chi connectivity index (χ0n) is 11.4. The Morgan fingerprint density at radius 2 is 1.95 bits per heavy atom. The van der Waals surface area contributed by atoms with Gasteiger partial charge < -0.3 is 4.90 Å². The first-order valence-electron chi connectivity index (χ1n) is 6.70. The number of nitrogens with zero attached hydrogens (tertiary/aromatic N) is 3. The van der Waals surface area contributed by atoms with Crippen LogP contribution in [0.15, 0.2) is 30.3 Å². The lowest BCUT2D eigenvalue weighted by Gasteiger charge is -2.14. The normalized spacial score (nSPS) is 18.7. The molecule has 1 fully saturated rings. The molecule has 0 saturated carbocycles. The van der Waals surface area contributed by atoms with E-state index >= 15 is 0 Å². The van der Waals surface area contributed by atoms with Gasteiger partial charge in [0.2, 0.25) is 10.0 Å². The van der Waals surface area contributed by atoms with Crippen molar-refractivity contribution in [3.63, 3.8) is 0 Å². The van der Waals surface area contributed by atoms with Crippen molar-refractivity contribution in [3.05, 3.63) is 45.9 Å². The summed E-state index contributed by atoms with van der Waals surface area (Å²) in [7, 11) is 0. The Bertz CT molecular complexity index is 671. The summed E-state index contributed by atoms with van der Waals surface area (Å²) < 4.78 is 37.5. The molecule has 0 spiro atoms. The topological polar surface area (TPSA) is 46.1 Å². The number of benzene rings is 1. The predicted octanol–water partition coefficient (Wildman–Crippen LogP) is 3.19. The predicted molar refractivity (Wildman–Crippen MR) is 74.6 cm³/mol. The number of amides is 1. The van der Waals surface area contributed by atoms with Crippen LogP contribution in [0.5, 0.6) is 0 Å². The Morgan fingerprint density at radius 1 is 1.23 bits per heavy atom. The quantitative estimate of drug-likeness (QED) is 0.851. The van der Waals surface area contributed by atoms with E-state index in [2.05, 4.69) is 10.2 Å². The van der Waals surface area contributed by atoms with Gasteiger partial charge in [-0.15, -0.1) is 10.2 Å². The molecule has 1 aliphatic heterocycles. The second-order valence-corrected chi connectivity index (χ2v) is 6.04. The first-order chi connectivity index (χ1) is 10.4. The van der Waals surface area contributed by atoms with Gasteiger partial charge in [0.1, 0.15) is 0 Å². The second-order valence-electron chi connectivity index (χ2n) is 5.06. The number of carbonyl (C=O) groups excluding carboxylic acids is 1. The lowest BCUT2D eigenvalue weighted by molar-refractivity contribution is -0.138. The molecule has 0 N–H and O–H groups in total. The Morgan fingerprint density at radius 3 is 2.59 bits per heavy atom. The molecule has 2 heterocycles. The van der Waals surface area contributed by atoms with Crippen LogP contribution in [-0.2, 0) is 6.18 Å². The zero-order valence-corrected chi connectivity index (χ0v) is 12.2. The fourth-order valence-electron chi connectivity index (χ4n) is 2.50. The Hall–Kier alpha value is -1.96. The molecular formula is C14H12F3N3OS. The molecule has 0 aliphatic carbocycles. The minimum Gasteiger partial charge on any atom is -0.336 e. The van der Waals surface area contributed by atoms with Crippen LogP contribution in [0.25, 0.3) is 0 Å². The van der Waals surface area contributed by atoms with Crippen LogP contribution in [0.3, 0.4) is 0 Å². The molecule has 2 aromatic rings. The van der Waals surface area contributed by atoms with Gasteiger partial charge >= 0.3 is 6.18 Å². The number of alkyl halides is 3. The van der Waals surface area contributed by atoms with Crippen LogP contribution in [0.4, 0.5) is 13.2 Å². The third-order valence-electron chi connectivity index (χ3n) is 3.60. The molecule has 0 bridgehead atoms. The highest BCUT2D eigenvalue weighted by molar-refractivity contribution is 7.13. The summed E-state index contributed by atoms with van der Waals surface area (Å²) in [6.45, 7) is 1.00. The fraction of sp³-hybridized carbons (Fsp3) is 0.357. The minimum absolute atomic E-state index is 0.207. The highest BCUT2D eigenvalue weighted by Gasteiger charge is 2.37. The molecule has 116 valence electrons. The van der Waals surface area contributed by atoms with Gasteiger partial charge in [0, 0.05) is 19.0 Å². The van der Waals surface area contributed by atoms with Crippen molar-refractivity contribution in [1.29, 1.82) is 0 Å². The van der Waals surface area contributed by atoms with Crippen molar-refractivity contribution in [2.75, 3.05) is 13.1 Å². The maximum absolute atomic E-state index is 12.5. The second kappa shape index (κ2) is 5.68. The van der Waals surface area contributed by atoms with E-state index in [-0.39, 0.29) is 10.9 Å². The molecule has 1 aromatic heterocycles. The number of hydrogen-bond acceptors (Lipinski definition) is 4. The highest BCUT2D eigenvalue weighted by Crippen LogP contribution is 2.33. The summed E-state index contributed by atoms with van der Waals surface area (Å²) in [6, 6.07) is 9.76. The van der Waals surface area contributed by atoms with Crippen molar-refractivity contribution < 1.29 is 18.0 Å². The van der Waals surface area contributed by atoms with Gasteiger partial charge in [0.05, 0.1) is 0 Å². The number of hydrogen-bond donors (Lipinski definition) is 0. The first kappa shape index (κ1) is 15.0. The van der Waals surface area contributed by atoms with E-state index in [0.29, 0.717) is 24.4 Å². The molecule has 1 atom stereocenters. The summed E-state index contributed by atoms with van der Waals surface area (Å²) in [5.74, 6) is -0.272. The molecule has 1 amide bonds. The van der Waals surface area contributed by atoms with E-state index in [1.54, 1.807) is 4.90 Å². The summed E-state index contributed by atoms with van der Waals surface area (Å²) in [6.07, 6.45) is -3.77. The monoisotopic (exact) mass is 327 g/mol. The molecule has 3 rings (SSSR count). The average Bonchev–Trinajstić information content (AvgIpc) is 3.16. The Labute approximate surface area is 128 Å². The van der Waals surface area contributed by atoms with Crippen molar-refractivity contribution >= 4 is 17.2 Å². The summed E-state index contributed by atoms with van der Waals surface area (Å²) in [4.78, 5) is 13.8. The molecule has 1 aliphatic rings. The van der Waals surface area contributed by atoms with E-state index in [4.69, 9.17) is 0 Å². The van der Waals surface area contributed by atoms with Gasteiger partial charge in [-0.2, -0.15) is 13.2 Å². The number of rotatable bonds is 2. The smallest absolute Gasteiger partial charge is 0.336 e. The van der Waals surface area contributed by atoms with E-state index in [1.807, 2.05) is 30.3 Å². The summed E-state index contributed by atoms with van der Waals surface area (Å²) in [5, 5.41) is 5.14. The van der Waals surface area contributed by atoms with Crippen molar-refractivity contribution in [2.45, 2.75) is 18.5 Å². The third-order valence-corrected chi connectivity index (χ3v) is 4.55. The van der Waals surface area contributed by atoms with Gasteiger partial charge in [-0.05, 0) is 12.0 Å². The standard InChI is InChI=1S/C14H12F3N3OS/c15-14(16,17)13-19-18-11(22-13)12(21)20-7-6-10(8-20)9-4-2-1-3-5-9/h1-5,10H,6-8H2. The van der Waals surface area contributed by atoms with E-state index in [1.165, 1.54) is 0 Å². The van der Waals surface area contributed by atoms with E-state index < -0.39 is 17.1 Å². The summed E-state index contributed by atoms with van der Waals surface area (Å²) in [5.41, 5.74) is 1.13. The number of carbonyl (C=O) groups is 1. The van der Waals surface area contributed by atoms with Crippen molar-refractivity contribution in [2.24, 2.45) is 0 Å². The van der Waals surface area contributed by atoms with Gasteiger partial charge in [-0.3, -0.25) is 4.79 Å². The fourth-order valence-corrected chi connectivity index (χ4v) is 3.18. The zero-order chi connectivity index (χ0) is 15.7. The molecule has 1 aromatic carbocycles. The van der Waals surface area contributed by atoms with Gasteiger partial charge in [0.25, 0.3) is 5.91 Å². The van der Waals surface area contributed by atoms with Crippen molar-refractivity contribution in [3.8, 4) is 0 Å². The van der Waals surface area contributed by atoms with Crippen LogP contribution >= 0.6 is 11.3 Å². The van der Waals surface area contributed by atoms with E-state index in [0.717, 1.165) is 12.0 Å². The molecule has 4 nitrogen and oxygen atoms in total. The SMILES string of the molecule is O=C(c1nnc(C(F)(F)F)s1)N1CCC(c2ccccc2)C1. The molecular weight excluding hydrogens is 315 g/mol. The lowest BCUT2D eigenvalue weighted by Crippen LogP contribution is -2.28.